The Morgan fingerprint density at radius 3 is 2.60 bits per heavy atom. The summed E-state index contributed by atoms with van der Waals surface area (Å²) in [5, 5.41) is 0. The van der Waals surface area contributed by atoms with Crippen LogP contribution in [0.3, 0.4) is 0 Å². The molecule has 2 rings (SSSR count). The van der Waals surface area contributed by atoms with Gasteiger partial charge in [-0.25, -0.2) is 12.8 Å². The van der Waals surface area contributed by atoms with Crippen LogP contribution in [0.1, 0.15) is 32.3 Å². The lowest BCUT2D eigenvalue weighted by molar-refractivity contribution is 0.290. The number of hydrogen-bond donors (Lipinski definition) is 0. The van der Waals surface area contributed by atoms with E-state index in [1.807, 2.05) is 13.8 Å². The van der Waals surface area contributed by atoms with Gasteiger partial charge in [-0.3, -0.25) is 0 Å². The number of halogens is 3. The van der Waals surface area contributed by atoms with E-state index in [-0.39, 0.29) is 16.3 Å². The largest absolute Gasteiger partial charge is 0.246 e. The topological polar surface area (TPSA) is 37.4 Å². The second kappa shape index (κ2) is 5.55. The molecule has 20 heavy (non-hydrogen) atoms. The molecule has 112 valence electrons. The minimum Gasteiger partial charge on any atom is -0.207 e. The first-order chi connectivity index (χ1) is 9.20. The van der Waals surface area contributed by atoms with Crippen LogP contribution in [-0.2, 0) is 15.9 Å². The van der Waals surface area contributed by atoms with Crippen LogP contribution >= 0.6 is 27.5 Å². The Labute approximate surface area is 132 Å². The molecule has 1 aliphatic rings. The summed E-state index contributed by atoms with van der Waals surface area (Å²) < 4.78 is 41.7. The smallest absolute Gasteiger partial charge is 0.207 e. The third kappa shape index (κ3) is 2.75. The maximum Gasteiger partial charge on any atom is 0.246 e. The highest BCUT2D eigenvalue weighted by molar-refractivity contribution is 9.10. The predicted molar refractivity (Wildman–Crippen MR) is 80.9 cm³/mol. The van der Waals surface area contributed by atoms with E-state index in [2.05, 4.69) is 15.9 Å². The Morgan fingerprint density at radius 1 is 1.45 bits per heavy atom. The standard InChI is InChI=1S/C13H16BrClFNO2S/c1-13(2)4-3-5-17(13)20(18,19)11-7-10(14)6-9(8-15)12(11)16/h6-7H,3-5,8H2,1-2H3. The second-order valence-corrected chi connectivity index (χ2v) is 8.52. The number of alkyl halides is 1. The molecule has 1 saturated heterocycles. The zero-order valence-electron chi connectivity index (χ0n) is 11.3. The van der Waals surface area contributed by atoms with Crippen molar-refractivity contribution in [1.29, 1.82) is 0 Å². The summed E-state index contributed by atoms with van der Waals surface area (Å²) in [5.74, 6) is -0.831. The fourth-order valence-corrected chi connectivity index (χ4v) is 5.38. The van der Waals surface area contributed by atoms with E-state index >= 15 is 0 Å². The zero-order valence-corrected chi connectivity index (χ0v) is 14.4. The van der Waals surface area contributed by atoms with Crippen LogP contribution in [0.5, 0.6) is 0 Å². The summed E-state index contributed by atoms with van der Waals surface area (Å²) in [4.78, 5) is -0.308. The van der Waals surface area contributed by atoms with Crippen molar-refractivity contribution >= 4 is 37.6 Å². The molecule has 7 heteroatoms. The van der Waals surface area contributed by atoms with E-state index in [0.717, 1.165) is 12.8 Å². The Hall–Kier alpha value is -0.170. The number of nitrogens with zero attached hydrogens (tertiary/aromatic N) is 1. The first-order valence-electron chi connectivity index (χ1n) is 6.27. The maximum absolute atomic E-state index is 14.3. The van der Waals surface area contributed by atoms with Gasteiger partial charge in [-0.15, -0.1) is 11.6 Å². The Morgan fingerprint density at radius 2 is 2.10 bits per heavy atom. The third-order valence-corrected chi connectivity index (χ3v) is 6.47. The summed E-state index contributed by atoms with van der Waals surface area (Å²) in [6.45, 7) is 4.13. The Balaban J connectivity index is 2.58. The third-order valence-electron chi connectivity index (χ3n) is 3.62. The van der Waals surface area contributed by atoms with Crippen LogP contribution in [0.4, 0.5) is 4.39 Å². The average molecular weight is 385 g/mol. The monoisotopic (exact) mass is 383 g/mol. The molecule has 0 unspecified atom stereocenters. The van der Waals surface area contributed by atoms with Crippen LogP contribution in [0.25, 0.3) is 0 Å². The average Bonchev–Trinajstić information content (AvgIpc) is 2.71. The molecule has 1 heterocycles. The summed E-state index contributed by atoms with van der Waals surface area (Å²) >= 11 is 8.88. The van der Waals surface area contributed by atoms with Gasteiger partial charge in [0.15, 0.2) is 0 Å². The van der Waals surface area contributed by atoms with Gasteiger partial charge in [-0.05, 0) is 38.8 Å². The van der Waals surface area contributed by atoms with E-state index in [4.69, 9.17) is 11.6 Å². The van der Waals surface area contributed by atoms with Gasteiger partial charge < -0.3 is 0 Å². The molecule has 0 aromatic heterocycles. The molecule has 1 fully saturated rings. The number of rotatable bonds is 3. The molecule has 0 saturated carbocycles. The molecule has 0 N–H and O–H groups in total. The number of hydrogen-bond acceptors (Lipinski definition) is 2. The zero-order chi connectivity index (χ0) is 15.1. The SMILES string of the molecule is CC1(C)CCCN1S(=O)(=O)c1cc(Br)cc(CCl)c1F. The first kappa shape index (κ1) is 16.2. The van der Waals surface area contributed by atoms with Crippen molar-refractivity contribution in [3.05, 3.63) is 28.0 Å². The van der Waals surface area contributed by atoms with Gasteiger partial charge in [-0.1, -0.05) is 15.9 Å². The molecule has 0 bridgehead atoms. The fourth-order valence-electron chi connectivity index (χ4n) is 2.55. The Bertz CT molecular complexity index is 634. The molecule has 0 spiro atoms. The molecule has 1 aromatic carbocycles. The van der Waals surface area contributed by atoms with Gasteiger partial charge in [0.05, 0.1) is 5.88 Å². The van der Waals surface area contributed by atoms with Crippen molar-refractivity contribution in [3.63, 3.8) is 0 Å². The molecule has 0 radical (unpaired) electrons. The maximum atomic E-state index is 14.3. The van der Waals surface area contributed by atoms with E-state index < -0.39 is 21.4 Å². The van der Waals surface area contributed by atoms with Crippen LogP contribution in [0.15, 0.2) is 21.5 Å². The first-order valence-corrected chi connectivity index (χ1v) is 9.03. The lowest BCUT2D eigenvalue weighted by Crippen LogP contribution is -2.42. The van der Waals surface area contributed by atoms with Crippen molar-refractivity contribution in [2.24, 2.45) is 0 Å². The highest BCUT2D eigenvalue weighted by Crippen LogP contribution is 2.36. The van der Waals surface area contributed by atoms with E-state index in [1.54, 1.807) is 0 Å². The van der Waals surface area contributed by atoms with Crippen molar-refractivity contribution in [2.75, 3.05) is 6.54 Å². The molecular weight excluding hydrogens is 369 g/mol. The van der Waals surface area contributed by atoms with Crippen LogP contribution < -0.4 is 0 Å². The highest BCUT2D eigenvalue weighted by atomic mass is 79.9. The molecule has 0 amide bonds. The highest BCUT2D eigenvalue weighted by Gasteiger charge is 2.42. The summed E-state index contributed by atoms with van der Waals surface area (Å²) in [6.07, 6.45) is 1.55. The van der Waals surface area contributed by atoms with Gasteiger partial charge >= 0.3 is 0 Å². The van der Waals surface area contributed by atoms with E-state index in [1.165, 1.54) is 16.4 Å². The van der Waals surface area contributed by atoms with Crippen molar-refractivity contribution < 1.29 is 12.8 Å². The fraction of sp³-hybridized carbons (Fsp3) is 0.538. The van der Waals surface area contributed by atoms with Crippen LogP contribution in [-0.4, -0.2) is 24.8 Å². The molecule has 3 nitrogen and oxygen atoms in total. The quantitative estimate of drug-likeness (QED) is 0.741. The van der Waals surface area contributed by atoms with Crippen molar-refractivity contribution in [1.82, 2.24) is 4.31 Å². The van der Waals surface area contributed by atoms with Gasteiger partial charge in [0.25, 0.3) is 0 Å². The predicted octanol–water partition coefficient (Wildman–Crippen LogP) is 3.89. The minimum absolute atomic E-state index is 0.0722. The number of sulfonamides is 1. The van der Waals surface area contributed by atoms with E-state index in [0.29, 0.717) is 11.0 Å². The van der Waals surface area contributed by atoms with Gasteiger partial charge in [0, 0.05) is 22.1 Å². The van der Waals surface area contributed by atoms with Crippen LogP contribution in [0, 0.1) is 5.82 Å². The summed E-state index contributed by atoms with van der Waals surface area (Å²) in [5.41, 5.74) is -0.314. The van der Waals surface area contributed by atoms with Crippen molar-refractivity contribution in [2.45, 2.75) is 43.0 Å². The van der Waals surface area contributed by atoms with E-state index in [9.17, 15) is 12.8 Å². The molecular formula is C13H16BrClFNO2S. The van der Waals surface area contributed by atoms with Gasteiger partial charge in [0.1, 0.15) is 10.7 Å². The molecule has 1 aliphatic heterocycles. The Kier molecular flexibility index (Phi) is 4.50. The van der Waals surface area contributed by atoms with Gasteiger partial charge in [0.2, 0.25) is 10.0 Å². The summed E-state index contributed by atoms with van der Waals surface area (Å²) in [7, 11) is -3.86. The second-order valence-electron chi connectivity index (χ2n) is 5.50. The minimum atomic E-state index is -3.86. The lowest BCUT2D eigenvalue weighted by Gasteiger charge is -2.30. The molecule has 0 aliphatic carbocycles. The van der Waals surface area contributed by atoms with Gasteiger partial charge in [-0.2, -0.15) is 4.31 Å². The van der Waals surface area contributed by atoms with Crippen molar-refractivity contribution in [3.8, 4) is 0 Å². The summed E-state index contributed by atoms with van der Waals surface area (Å²) in [6, 6.07) is 2.80. The molecule has 0 atom stereocenters. The number of benzene rings is 1. The van der Waals surface area contributed by atoms with Crippen LogP contribution in [0.2, 0.25) is 0 Å². The normalized spacial score (nSPS) is 19.4. The lowest BCUT2D eigenvalue weighted by atomic mass is 10.0. The molecule has 1 aromatic rings.